The van der Waals surface area contributed by atoms with Crippen LogP contribution in [0.15, 0.2) is 64.8 Å². The zero-order valence-corrected chi connectivity index (χ0v) is 26.5. The summed E-state index contributed by atoms with van der Waals surface area (Å²) in [5.74, 6) is 0.405. The molecule has 1 radical (unpaired) electrons. The van der Waals surface area contributed by atoms with Gasteiger partial charge in [-0.15, -0.1) is 0 Å². The molecule has 2 fully saturated rings. The number of aliphatic hydroxyl groups is 1. The van der Waals surface area contributed by atoms with Gasteiger partial charge in [0.2, 0.25) is 0 Å². The summed E-state index contributed by atoms with van der Waals surface area (Å²) in [6.07, 6.45) is -5.54. The first kappa shape index (κ1) is 33.9. The lowest BCUT2D eigenvalue weighted by molar-refractivity contribution is -0.0557. The second kappa shape index (κ2) is 14.6. The van der Waals surface area contributed by atoms with Gasteiger partial charge >= 0.3 is 12.4 Å². The van der Waals surface area contributed by atoms with Gasteiger partial charge < -0.3 is 28.9 Å². The molecule has 3 aromatic heterocycles. The van der Waals surface area contributed by atoms with Crippen LogP contribution < -0.4 is 16.6 Å². The van der Waals surface area contributed by atoms with Crippen molar-refractivity contribution in [2.45, 2.75) is 49.5 Å². The van der Waals surface area contributed by atoms with E-state index in [9.17, 15) is 14.7 Å². The zero-order chi connectivity index (χ0) is 33.8. The Morgan fingerprint density at radius 1 is 1.10 bits per heavy atom. The quantitative estimate of drug-likeness (QED) is 0.135. The number of aliphatic hydroxyl groups excluding tert-OH is 1. The molecule has 1 unspecified atom stereocenters. The van der Waals surface area contributed by atoms with E-state index in [1.54, 1.807) is 0 Å². The first-order chi connectivity index (χ1) is 23.2. The van der Waals surface area contributed by atoms with Crippen molar-refractivity contribution in [1.29, 1.82) is 5.26 Å². The summed E-state index contributed by atoms with van der Waals surface area (Å²) in [5.41, 5.74) is -0.186. The molecule has 3 N–H and O–H groups in total. The van der Waals surface area contributed by atoms with E-state index in [-0.39, 0.29) is 13.0 Å². The van der Waals surface area contributed by atoms with Crippen LogP contribution in [-0.2, 0) is 34.9 Å². The van der Waals surface area contributed by atoms with Crippen LogP contribution in [0.5, 0.6) is 0 Å². The smallest absolute Gasteiger partial charge is 0.330 e. The minimum Gasteiger partial charge on any atom is -0.394 e. The molecule has 2 aliphatic heterocycles. The van der Waals surface area contributed by atoms with Gasteiger partial charge in [0.15, 0.2) is 41.8 Å². The number of hydrogen-bond acceptors (Lipinski definition) is 14. The fourth-order valence-corrected chi connectivity index (χ4v) is 7.19. The Morgan fingerprint density at radius 3 is 2.67 bits per heavy atom. The topological polar surface area (TPSA) is 201 Å². The standard InChI is InChI=1S/C28H28F2N8O8PS/c29-18-11-17(44-26(18)38-15-34-22-24(32-14-33-25(22)38)35-16-5-2-1-3-6-16)13-43-47(48,42-10-4-8-31)46-23-21(30)19(12-39)45-27(23)37-9-7-20(40)36-28(37)41/h1-3,5-7,9,11,14-15,17-19,21,23,26-27,39H,4,10,12-13H2,(H,32,33,35)(H,36,40,41)/t17-,18-,19-,21-,23-,26-,27-,47?/m1/s1. The number of fused-ring (bicyclic) bond motifs is 1. The van der Waals surface area contributed by atoms with E-state index < -0.39 is 74.3 Å². The highest BCUT2D eigenvalue weighted by molar-refractivity contribution is 8.07. The van der Waals surface area contributed by atoms with E-state index >= 15 is 8.78 Å². The van der Waals surface area contributed by atoms with Gasteiger partial charge in [-0.2, -0.15) is 5.26 Å². The SMILES string of the molecule is N#CCCOP(=S)(OC[C@H]1[CH][C@@H](F)[C@H](n2cnc3c(Nc4ccccc4)ncnc32)O1)O[C@@H]1[C@H](F)[C@@H](CO)O[C@H]1n1ccc(=O)[nH]c1=O. The third kappa shape index (κ3) is 7.21. The third-order valence-electron chi connectivity index (χ3n) is 7.34. The van der Waals surface area contributed by atoms with Gasteiger partial charge in [-0.3, -0.25) is 23.4 Å². The van der Waals surface area contributed by atoms with Gasteiger partial charge in [0.05, 0.1) is 44.7 Å². The van der Waals surface area contributed by atoms with Crippen LogP contribution in [0.1, 0.15) is 18.9 Å². The number of nitrogens with zero attached hydrogens (tertiary/aromatic N) is 6. The highest BCUT2D eigenvalue weighted by atomic mass is 32.5. The normalized spacial score (nSPS) is 26.8. The van der Waals surface area contributed by atoms with Crippen LogP contribution in [-0.4, -0.2) is 84.7 Å². The number of hydrogen-bond donors (Lipinski definition) is 3. The number of aromatic nitrogens is 6. The molecule has 253 valence electrons. The molecule has 8 atom stereocenters. The van der Waals surface area contributed by atoms with E-state index in [2.05, 4.69) is 20.3 Å². The molecule has 0 bridgehead atoms. The molecule has 0 amide bonds. The number of nitrogens with one attached hydrogen (secondary N) is 2. The zero-order valence-electron chi connectivity index (χ0n) is 24.7. The van der Waals surface area contributed by atoms with Crippen molar-refractivity contribution in [3.05, 3.63) is 82.5 Å². The van der Waals surface area contributed by atoms with E-state index in [1.165, 1.54) is 23.6 Å². The molecule has 2 aliphatic rings. The molecule has 48 heavy (non-hydrogen) atoms. The van der Waals surface area contributed by atoms with Gasteiger partial charge in [-0.1, -0.05) is 18.2 Å². The van der Waals surface area contributed by atoms with Crippen molar-refractivity contribution in [1.82, 2.24) is 29.1 Å². The molecule has 1 aromatic carbocycles. The molecule has 6 rings (SSSR count). The first-order valence-electron chi connectivity index (χ1n) is 14.5. The minimum atomic E-state index is -3.96. The Bertz CT molecular complexity index is 1940. The molecule has 0 saturated carbocycles. The number of benzene rings is 1. The Hall–Kier alpha value is -3.99. The van der Waals surface area contributed by atoms with Crippen molar-refractivity contribution in [2.75, 3.05) is 25.1 Å². The number of anilines is 2. The van der Waals surface area contributed by atoms with Crippen molar-refractivity contribution >= 4 is 41.2 Å². The van der Waals surface area contributed by atoms with Crippen molar-refractivity contribution in [3.8, 4) is 6.07 Å². The summed E-state index contributed by atoms with van der Waals surface area (Å²) in [6.45, 7) is -5.39. The second-order valence-corrected chi connectivity index (χ2v) is 13.5. The van der Waals surface area contributed by atoms with Crippen LogP contribution in [0.3, 0.4) is 0 Å². The summed E-state index contributed by atoms with van der Waals surface area (Å²) in [5, 5.41) is 21.9. The second-order valence-electron chi connectivity index (χ2n) is 10.5. The van der Waals surface area contributed by atoms with Crippen LogP contribution in [0, 0.1) is 17.8 Å². The van der Waals surface area contributed by atoms with E-state index in [0.29, 0.717) is 17.0 Å². The number of para-hydroxylation sites is 1. The van der Waals surface area contributed by atoms with E-state index in [0.717, 1.165) is 22.5 Å². The number of ether oxygens (including phenoxy) is 2. The number of imidazole rings is 1. The maximum atomic E-state index is 15.5. The fourth-order valence-electron chi connectivity index (χ4n) is 5.12. The lowest BCUT2D eigenvalue weighted by atomic mass is 10.1. The monoisotopic (exact) mass is 705 g/mol. The summed E-state index contributed by atoms with van der Waals surface area (Å²) in [7, 11) is 0. The van der Waals surface area contributed by atoms with E-state index in [4.69, 9.17) is 40.1 Å². The van der Waals surface area contributed by atoms with Gasteiger partial charge in [0.1, 0.15) is 18.5 Å². The average molecular weight is 706 g/mol. The molecule has 16 nitrogen and oxygen atoms in total. The largest absolute Gasteiger partial charge is 0.394 e. The average Bonchev–Trinajstić information content (AvgIpc) is 3.76. The number of halogens is 2. The lowest BCUT2D eigenvalue weighted by Gasteiger charge is -2.29. The molecular weight excluding hydrogens is 677 g/mol. The van der Waals surface area contributed by atoms with Gasteiger partial charge in [-0.05, 0) is 23.9 Å². The van der Waals surface area contributed by atoms with Crippen LogP contribution in [0.25, 0.3) is 11.2 Å². The molecule has 5 heterocycles. The Labute approximate surface area is 275 Å². The molecule has 0 aliphatic carbocycles. The van der Waals surface area contributed by atoms with Gasteiger partial charge in [0, 0.05) is 24.4 Å². The summed E-state index contributed by atoms with van der Waals surface area (Å²) < 4.78 is 61.9. The Balaban J connectivity index is 1.18. The minimum absolute atomic E-state index is 0.120. The van der Waals surface area contributed by atoms with Gasteiger partial charge in [0.25, 0.3) is 5.56 Å². The van der Waals surface area contributed by atoms with E-state index in [1.807, 2.05) is 41.4 Å². The summed E-state index contributed by atoms with van der Waals surface area (Å²) in [6, 6.07) is 12.2. The predicted molar refractivity (Wildman–Crippen MR) is 167 cm³/mol. The molecular formula is C28H28F2N8O8PS. The Morgan fingerprint density at radius 2 is 1.92 bits per heavy atom. The molecule has 4 aromatic rings. The lowest BCUT2D eigenvalue weighted by Crippen LogP contribution is -2.37. The van der Waals surface area contributed by atoms with Crippen LogP contribution in [0.2, 0.25) is 0 Å². The van der Waals surface area contributed by atoms with Crippen molar-refractivity contribution in [3.63, 3.8) is 0 Å². The summed E-state index contributed by atoms with van der Waals surface area (Å²) >= 11 is 5.54. The number of nitriles is 1. The maximum Gasteiger partial charge on any atom is 0.330 e. The number of H-pyrrole nitrogens is 1. The fraction of sp³-hybridized carbons (Fsp3) is 0.393. The van der Waals surface area contributed by atoms with Crippen LogP contribution in [0.4, 0.5) is 20.3 Å². The number of aromatic amines is 1. The first-order valence-corrected chi connectivity index (χ1v) is 17.1. The predicted octanol–water partition coefficient (Wildman–Crippen LogP) is 2.34. The van der Waals surface area contributed by atoms with Crippen molar-refractivity contribution < 1.29 is 36.9 Å². The number of rotatable bonds is 13. The van der Waals surface area contributed by atoms with Crippen molar-refractivity contribution in [2.24, 2.45) is 0 Å². The summed E-state index contributed by atoms with van der Waals surface area (Å²) in [4.78, 5) is 39.0. The van der Waals surface area contributed by atoms with Gasteiger partial charge in [-0.25, -0.2) is 28.5 Å². The molecule has 2 saturated heterocycles. The van der Waals surface area contributed by atoms with Crippen LogP contribution >= 0.6 is 6.72 Å². The molecule has 0 spiro atoms. The number of alkyl halides is 2. The third-order valence-corrected chi connectivity index (χ3v) is 9.69. The Kier molecular flexibility index (Phi) is 10.3. The highest BCUT2D eigenvalue weighted by Crippen LogP contribution is 2.55. The highest BCUT2D eigenvalue weighted by Gasteiger charge is 2.50. The maximum absolute atomic E-state index is 15.5. The molecule has 20 heteroatoms.